The van der Waals surface area contributed by atoms with Gasteiger partial charge >= 0.3 is 0 Å². The van der Waals surface area contributed by atoms with E-state index in [0.717, 1.165) is 0 Å². The molecule has 0 fully saturated rings. The molecule has 6 heteroatoms. The molecule has 0 amide bonds. The van der Waals surface area contributed by atoms with E-state index < -0.39 is 5.78 Å². The number of carbonyl (C=O) groups is 1. The second kappa shape index (κ2) is 5.26. The summed E-state index contributed by atoms with van der Waals surface area (Å²) in [5.74, 6) is -0.399. The first kappa shape index (κ1) is 13.3. The smallest absolute Gasteiger partial charge is 0.216 e. The molecule has 18 heavy (non-hydrogen) atoms. The summed E-state index contributed by atoms with van der Waals surface area (Å²) in [7, 11) is 0. The maximum Gasteiger partial charge on any atom is 0.216 e. The van der Waals surface area contributed by atoms with Crippen molar-refractivity contribution in [2.45, 2.75) is 0 Å². The summed E-state index contributed by atoms with van der Waals surface area (Å²) in [6.07, 6.45) is 1.49. The van der Waals surface area contributed by atoms with Gasteiger partial charge < -0.3 is 5.73 Å². The minimum absolute atomic E-state index is 0.130. The van der Waals surface area contributed by atoms with Crippen LogP contribution in [0.2, 0.25) is 10.0 Å². The molecule has 0 saturated heterocycles. The van der Waals surface area contributed by atoms with Crippen LogP contribution in [0.4, 0.5) is 5.69 Å². The largest absolute Gasteiger partial charge is 0.398 e. The van der Waals surface area contributed by atoms with Crippen molar-refractivity contribution in [1.29, 1.82) is 0 Å². The van der Waals surface area contributed by atoms with Crippen molar-refractivity contribution in [2.75, 3.05) is 5.73 Å². The predicted octanol–water partition coefficient (Wildman–Crippen LogP) is 3.96. The van der Waals surface area contributed by atoms with Crippen molar-refractivity contribution in [3.8, 4) is 0 Å². The van der Waals surface area contributed by atoms with Gasteiger partial charge in [0.25, 0.3) is 0 Å². The molecule has 0 atom stereocenters. The molecule has 0 aliphatic rings. The Morgan fingerprint density at radius 1 is 1.28 bits per heavy atom. The van der Waals surface area contributed by atoms with E-state index in [-0.39, 0.29) is 27.0 Å². The topological polar surface area (TPSA) is 56.0 Å². The van der Waals surface area contributed by atoms with Gasteiger partial charge in [-0.3, -0.25) is 9.78 Å². The van der Waals surface area contributed by atoms with E-state index in [1.807, 2.05) is 0 Å². The number of benzene rings is 1. The zero-order chi connectivity index (χ0) is 13.3. The maximum atomic E-state index is 12.3. The van der Waals surface area contributed by atoms with Gasteiger partial charge in [-0.25, -0.2) is 0 Å². The molecule has 0 aliphatic carbocycles. The Hall–Kier alpha value is -1.10. The van der Waals surface area contributed by atoms with Gasteiger partial charge in [-0.2, -0.15) is 0 Å². The number of hydrogen-bond acceptors (Lipinski definition) is 3. The average Bonchev–Trinajstić information content (AvgIpc) is 2.35. The first-order chi connectivity index (χ1) is 8.52. The van der Waals surface area contributed by atoms with E-state index in [1.165, 1.54) is 6.20 Å². The first-order valence-electron chi connectivity index (χ1n) is 4.91. The number of pyridine rings is 1. The monoisotopic (exact) mass is 344 g/mol. The summed E-state index contributed by atoms with van der Waals surface area (Å²) in [5, 5.41) is 0.514. The molecule has 0 spiro atoms. The Bertz CT molecular complexity index is 631. The van der Waals surface area contributed by atoms with Crippen molar-refractivity contribution in [2.24, 2.45) is 0 Å². The van der Waals surface area contributed by atoms with Gasteiger partial charge in [-0.05, 0) is 40.2 Å². The lowest BCUT2D eigenvalue weighted by Crippen LogP contribution is -2.09. The van der Waals surface area contributed by atoms with E-state index in [0.29, 0.717) is 4.47 Å². The van der Waals surface area contributed by atoms with Crippen molar-refractivity contribution in [3.63, 3.8) is 0 Å². The highest BCUT2D eigenvalue weighted by molar-refractivity contribution is 9.10. The zero-order valence-corrected chi connectivity index (χ0v) is 12.1. The summed E-state index contributed by atoms with van der Waals surface area (Å²) >= 11 is 15.3. The predicted molar refractivity (Wildman–Crippen MR) is 76.2 cm³/mol. The van der Waals surface area contributed by atoms with Crippen LogP contribution in [0.3, 0.4) is 0 Å². The number of nitrogens with two attached hydrogens (primary N) is 1. The number of anilines is 1. The number of ketones is 1. The molecular formula is C12H7BrCl2N2O. The van der Waals surface area contributed by atoms with Crippen LogP contribution in [0.1, 0.15) is 16.1 Å². The van der Waals surface area contributed by atoms with Gasteiger partial charge in [0.05, 0.1) is 15.6 Å². The molecule has 1 aromatic carbocycles. The molecule has 0 unspecified atom stereocenters. The van der Waals surface area contributed by atoms with Gasteiger partial charge in [-0.15, -0.1) is 0 Å². The van der Waals surface area contributed by atoms with Crippen LogP contribution in [-0.2, 0) is 0 Å². The van der Waals surface area contributed by atoms with Crippen molar-refractivity contribution >= 4 is 50.6 Å². The van der Waals surface area contributed by atoms with Gasteiger partial charge in [0.1, 0.15) is 5.69 Å². The van der Waals surface area contributed by atoms with Gasteiger partial charge in [-0.1, -0.05) is 23.2 Å². The Labute approximate surface area is 122 Å². The van der Waals surface area contributed by atoms with E-state index in [4.69, 9.17) is 28.9 Å². The number of rotatable bonds is 2. The number of carbonyl (C=O) groups excluding carboxylic acids is 1. The normalized spacial score (nSPS) is 10.4. The molecule has 3 nitrogen and oxygen atoms in total. The van der Waals surface area contributed by atoms with Crippen LogP contribution in [0.15, 0.2) is 34.9 Å². The molecule has 0 radical (unpaired) electrons. The van der Waals surface area contributed by atoms with E-state index in [2.05, 4.69) is 20.9 Å². The summed E-state index contributed by atoms with van der Waals surface area (Å²) < 4.78 is 0.591. The van der Waals surface area contributed by atoms with Gasteiger partial charge in [0.2, 0.25) is 5.78 Å². The Morgan fingerprint density at radius 2 is 2.00 bits per heavy atom. The maximum absolute atomic E-state index is 12.3. The second-order valence-electron chi connectivity index (χ2n) is 3.49. The van der Waals surface area contributed by atoms with E-state index in [9.17, 15) is 4.79 Å². The van der Waals surface area contributed by atoms with Crippen LogP contribution >= 0.6 is 39.1 Å². The zero-order valence-electron chi connectivity index (χ0n) is 8.95. The Kier molecular flexibility index (Phi) is 3.90. The molecule has 0 aliphatic heterocycles. The lowest BCUT2D eigenvalue weighted by atomic mass is 10.1. The van der Waals surface area contributed by atoms with Gasteiger partial charge in [0, 0.05) is 16.4 Å². The highest BCUT2D eigenvalue weighted by Gasteiger charge is 2.21. The first-order valence-corrected chi connectivity index (χ1v) is 6.46. The summed E-state index contributed by atoms with van der Waals surface area (Å²) in [6, 6.07) is 6.50. The lowest BCUT2D eigenvalue weighted by molar-refractivity contribution is 0.103. The molecule has 92 valence electrons. The average molecular weight is 346 g/mol. The third-order valence-electron chi connectivity index (χ3n) is 2.33. The molecule has 2 aromatic rings. The SMILES string of the molecule is Nc1ccc(Br)c(Cl)c1C(=O)c1ncccc1Cl. The van der Waals surface area contributed by atoms with Crippen LogP contribution in [-0.4, -0.2) is 10.8 Å². The number of nitrogen functional groups attached to an aromatic ring is 1. The van der Waals surface area contributed by atoms with Crippen LogP contribution in [0, 0.1) is 0 Å². The van der Waals surface area contributed by atoms with E-state index in [1.54, 1.807) is 24.3 Å². The number of hydrogen-bond donors (Lipinski definition) is 1. The second-order valence-corrected chi connectivity index (χ2v) is 5.13. The minimum Gasteiger partial charge on any atom is -0.398 e. The molecule has 0 bridgehead atoms. The minimum atomic E-state index is -0.399. The molecule has 1 aromatic heterocycles. The fourth-order valence-electron chi connectivity index (χ4n) is 1.47. The Morgan fingerprint density at radius 3 is 2.67 bits per heavy atom. The van der Waals surface area contributed by atoms with Crippen molar-refractivity contribution in [3.05, 3.63) is 56.2 Å². The molecule has 2 rings (SSSR count). The van der Waals surface area contributed by atoms with Crippen molar-refractivity contribution in [1.82, 2.24) is 4.98 Å². The van der Waals surface area contributed by atoms with Gasteiger partial charge in [0.15, 0.2) is 0 Å². The van der Waals surface area contributed by atoms with Crippen molar-refractivity contribution < 1.29 is 4.79 Å². The van der Waals surface area contributed by atoms with Crippen LogP contribution < -0.4 is 5.73 Å². The standard InChI is InChI=1S/C12H7BrCl2N2O/c13-6-3-4-8(16)9(10(6)15)12(18)11-7(14)2-1-5-17-11/h1-5H,16H2. The fourth-order valence-corrected chi connectivity index (χ4v) is 2.26. The molecule has 2 N–H and O–H groups in total. The fraction of sp³-hybridized carbons (Fsp3) is 0. The summed E-state index contributed by atoms with van der Waals surface area (Å²) in [5.41, 5.74) is 6.40. The quantitative estimate of drug-likeness (QED) is 0.662. The lowest BCUT2D eigenvalue weighted by Gasteiger charge is -2.09. The Balaban J connectivity index is 2.61. The highest BCUT2D eigenvalue weighted by atomic mass is 79.9. The number of aromatic nitrogens is 1. The third kappa shape index (κ3) is 2.36. The highest BCUT2D eigenvalue weighted by Crippen LogP contribution is 2.32. The molecule has 1 heterocycles. The molecule has 0 saturated carbocycles. The number of nitrogens with zero attached hydrogens (tertiary/aromatic N) is 1. The van der Waals surface area contributed by atoms with Crippen LogP contribution in [0.5, 0.6) is 0 Å². The van der Waals surface area contributed by atoms with Crippen LogP contribution in [0.25, 0.3) is 0 Å². The van der Waals surface area contributed by atoms with E-state index >= 15 is 0 Å². The third-order valence-corrected chi connectivity index (χ3v) is 3.91. The molecular weight excluding hydrogens is 339 g/mol. The number of halogens is 3. The summed E-state index contributed by atoms with van der Waals surface area (Å²) in [4.78, 5) is 16.3. The summed E-state index contributed by atoms with van der Waals surface area (Å²) in [6.45, 7) is 0.